The van der Waals surface area contributed by atoms with Crippen LogP contribution < -0.4 is 16.9 Å². The fourth-order valence-corrected chi connectivity index (χ4v) is 0.556. The molecule has 1 aromatic rings. The maximum atomic E-state index is 7.19. The molecule has 1 aromatic heterocycles. The van der Waals surface area contributed by atoms with Crippen LogP contribution in [0.1, 0.15) is 0 Å². The van der Waals surface area contributed by atoms with Crippen molar-refractivity contribution in [3.05, 3.63) is 29.9 Å². The zero-order valence-corrected chi connectivity index (χ0v) is 4.83. The maximum absolute atomic E-state index is 7.19. The van der Waals surface area contributed by atoms with Crippen LogP contribution >= 0.6 is 0 Å². The predicted molar refractivity (Wildman–Crippen MR) is 33.8 cm³/mol. The fraction of sp³-hybridized carbons (Fsp3) is 0. The van der Waals surface area contributed by atoms with Crippen molar-refractivity contribution in [1.29, 1.82) is 5.41 Å². The molecule has 1 heterocycles. The Morgan fingerprint density at radius 2 is 2.33 bits per heavy atom. The zero-order chi connectivity index (χ0) is 6.69. The van der Waals surface area contributed by atoms with Gasteiger partial charge in [-0.25, -0.2) is 10.5 Å². The number of nitrogen functional groups attached to an aromatic ring is 1. The molecule has 0 aliphatic rings. The lowest BCUT2D eigenvalue weighted by atomic mass is 10.5. The molecule has 0 saturated heterocycles. The molecule has 0 fully saturated rings. The van der Waals surface area contributed by atoms with Crippen molar-refractivity contribution in [2.45, 2.75) is 0 Å². The van der Waals surface area contributed by atoms with Crippen LogP contribution in [0.4, 0.5) is 0 Å². The van der Waals surface area contributed by atoms with Crippen LogP contribution in [0.15, 0.2) is 24.4 Å². The Morgan fingerprint density at radius 3 is 2.78 bits per heavy atom. The average molecular weight is 124 g/mol. The second-order valence-electron chi connectivity index (χ2n) is 1.58. The summed E-state index contributed by atoms with van der Waals surface area (Å²) in [5.41, 5.74) is 2.66. The lowest BCUT2D eigenvalue weighted by Gasteiger charge is -2.01. The van der Waals surface area contributed by atoms with Gasteiger partial charge in [0.1, 0.15) is 5.49 Å². The van der Waals surface area contributed by atoms with Crippen LogP contribution in [-0.2, 0) is 0 Å². The number of nitrogens with one attached hydrogen (secondary N) is 2. The fourth-order valence-electron chi connectivity index (χ4n) is 0.556. The highest BCUT2D eigenvalue weighted by molar-refractivity contribution is 4.92. The molecule has 1 rings (SSSR count). The summed E-state index contributed by atoms with van der Waals surface area (Å²) in [6, 6.07) is 5.20. The zero-order valence-electron chi connectivity index (χ0n) is 4.83. The SMILES string of the molecule is N=c1ccccn1NN. The van der Waals surface area contributed by atoms with Crippen LogP contribution in [0, 0.1) is 5.41 Å². The molecule has 0 saturated carbocycles. The first-order chi connectivity index (χ1) is 4.34. The summed E-state index contributed by atoms with van der Waals surface area (Å²) >= 11 is 0. The van der Waals surface area contributed by atoms with Crippen molar-refractivity contribution in [3.63, 3.8) is 0 Å². The van der Waals surface area contributed by atoms with E-state index >= 15 is 0 Å². The maximum Gasteiger partial charge on any atom is 0.144 e. The summed E-state index contributed by atoms with van der Waals surface area (Å²) in [6.45, 7) is 0. The normalized spacial score (nSPS) is 9.00. The van der Waals surface area contributed by atoms with Gasteiger partial charge in [-0.05, 0) is 12.1 Å². The van der Waals surface area contributed by atoms with E-state index in [-0.39, 0.29) is 0 Å². The largest absolute Gasteiger partial charge is 0.283 e. The van der Waals surface area contributed by atoms with Crippen LogP contribution in [0.2, 0.25) is 0 Å². The third-order valence-electron chi connectivity index (χ3n) is 0.999. The smallest absolute Gasteiger partial charge is 0.144 e. The van der Waals surface area contributed by atoms with Crippen molar-refractivity contribution in [2.24, 2.45) is 5.84 Å². The summed E-state index contributed by atoms with van der Waals surface area (Å²) in [4.78, 5) is 0. The molecular weight excluding hydrogens is 116 g/mol. The highest BCUT2D eigenvalue weighted by atomic mass is 15.6. The van der Waals surface area contributed by atoms with Crippen LogP contribution in [0.3, 0.4) is 0 Å². The molecule has 9 heavy (non-hydrogen) atoms. The Labute approximate surface area is 52.4 Å². The lowest BCUT2D eigenvalue weighted by Crippen LogP contribution is -2.31. The molecule has 0 amide bonds. The van der Waals surface area contributed by atoms with Crippen molar-refractivity contribution in [3.8, 4) is 0 Å². The Balaban J connectivity index is 3.16. The average Bonchev–Trinajstić information content (AvgIpc) is 1.89. The molecule has 4 heteroatoms. The standard InChI is InChI=1S/C5H8N4/c6-5-3-1-2-4-9(5)8-7/h1-4,6,8H,7H2. The molecule has 48 valence electrons. The monoisotopic (exact) mass is 124 g/mol. The molecule has 4 N–H and O–H groups in total. The molecule has 0 spiro atoms. The minimum Gasteiger partial charge on any atom is -0.283 e. The lowest BCUT2D eigenvalue weighted by molar-refractivity contribution is 0.799. The van der Waals surface area contributed by atoms with Crippen LogP contribution in [-0.4, -0.2) is 4.68 Å². The van der Waals surface area contributed by atoms with E-state index in [1.807, 2.05) is 0 Å². The van der Waals surface area contributed by atoms with E-state index in [9.17, 15) is 0 Å². The van der Waals surface area contributed by atoms with Gasteiger partial charge in [-0.15, -0.1) is 0 Å². The number of hydrogen-bond donors (Lipinski definition) is 3. The minimum absolute atomic E-state index is 0.333. The molecule has 0 aromatic carbocycles. The molecule has 0 bridgehead atoms. The predicted octanol–water partition coefficient (Wildman–Crippen LogP) is -0.615. The quantitative estimate of drug-likeness (QED) is 0.345. The van der Waals surface area contributed by atoms with E-state index in [1.54, 1.807) is 24.4 Å². The van der Waals surface area contributed by atoms with Gasteiger partial charge in [0.25, 0.3) is 0 Å². The number of pyridine rings is 1. The number of rotatable bonds is 1. The van der Waals surface area contributed by atoms with Crippen LogP contribution in [0.25, 0.3) is 0 Å². The summed E-state index contributed by atoms with van der Waals surface area (Å²) < 4.78 is 1.40. The molecule has 0 aliphatic heterocycles. The molecule has 0 unspecified atom stereocenters. The second kappa shape index (κ2) is 2.32. The first-order valence-corrected chi connectivity index (χ1v) is 2.53. The third-order valence-corrected chi connectivity index (χ3v) is 0.999. The van der Waals surface area contributed by atoms with E-state index < -0.39 is 0 Å². The van der Waals surface area contributed by atoms with Crippen molar-refractivity contribution < 1.29 is 0 Å². The number of hydrogen-bond acceptors (Lipinski definition) is 3. The van der Waals surface area contributed by atoms with Crippen molar-refractivity contribution in [2.75, 3.05) is 5.53 Å². The van der Waals surface area contributed by atoms with Gasteiger partial charge in [-0.3, -0.25) is 10.9 Å². The van der Waals surface area contributed by atoms with Gasteiger partial charge in [0.05, 0.1) is 0 Å². The Bertz CT molecular complexity index is 239. The molecular formula is C5H8N4. The van der Waals surface area contributed by atoms with E-state index in [2.05, 4.69) is 5.53 Å². The number of aromatic nitrogens is 1. The summed E-state index contributed by atoms with van der Waals surface area (Å²) in [5, 5.41) is 7.19. The van der Waals surface area contributed by atoms with E-state index in [4.69, 9.17) is 11.3 Å². The number of hydrazine groups is 1. The number of nitrogens with zero attached hydrogens (tertiary/aromatic N) is 1. The van der Waals surface area contributed by atoms with Gasteiger partial charge in [-0.2, -0.15) is 0 Å². The van der Waals surface area contributed by atoms with E-state index in [1.165, 1.54) is 4.68 Å². The van der Waals surface area contributed by atoms with Crippen molar-refractivity contribution >= 4 is 0 Å². The van der Waals surface area contributed by atoms with Gasteiger partial charge in [-0.1, -0.05) is 6.07 Å². The van der Waals surface area contributed by atoms with Crippen molar-refractivity contribution in [1.82, 2.24) is 4.68 Å². The topological polar surface area (TPSA) is 66.8 Å². The Kier molecular flexibility index (Phi) is 1.51. The van der Waals surface area contributed by atoms with E-state index in [0.29, 0.717) is 5.49 Å². The van der Waals surface area contributed by atoms with Gasteiger partial charge in [0, 0.05) is 6.20 Å². The highest BCUT2D eigenvalue weighted by Crippen LogP contribution is 1.73. The summed E-state index contributed by atoms with van der Waals surface area (Å²) in [6.07, 6.45) is 1.67. The molecule has 0 atom stereocenters. The first kappa shape index (κ1) is 5.84. The highest BCUT2D eigenvalue weighted by Gasteiger charge is 1.80. The summed E-state index contributed by atoms with van der Waals surface area (Å²) in [7, 11) is 0. The Morgan fingerprint density at radius 1 is 1.56 bits per heavy atom. The van der Waals surface area contributed by atoms with Crippen LogP contribution in [0.5, 0.6) is 0 Å². The third kappa shape index (κ3) is 1.09. The second-order valence-corrected chi connectivity index (χ2v) is 1.58. The first-order valence-electron chi connectivity index (χ1n) is 2.53. The summed E-state index contributed by atoms with van der Waals surface area (Å²) in [5.74, 6) is 5.04. The Hall–Kier alpha value is -1.29. The molecule has 0 aliphatic carbocycles. The van der Waals surface area contributed by atoms with E-state index in [0.717, 1.165) is 0 Å². The molecule has 4 nitrogen and oxygen atoms in total. The van der Waals surface area contributed by atoms with Gasteiger partial charge < -0.3 is 0 Å². The molecule has 0 radical (unpaired) electrons. The van der Waals surface area contributed by atoms with Gasteiger partial charge in [0.15, 0.2) is 0 Å². The number of nitrogens with two attached hydrogens (primary N) is 1. The minimum atomic E-state index is 0.333. The van der Waals surface area contributed by atoms with Gasteiger partial charge in [0.2, 0.25) is 0 Å². The van der Waals surface area contributed by atoms with Gasteiger partial charge >= 0.3 is 0 Å².